The molecule has 1 rings (SSSR count). The van der Waals surface area contributed by atoms with Crippen molar-refractivity contribution >= 4 is 11.9 Å². The number of rotatable bonds is 10. The van der Waals surface area contributed by atoms with E-state index in [9.17, 15) is 9.59 Å². The van der Waals surface area contributed by atoms with Gasteiger partial charge in [-0.3, -0.25) is 0 Å². The Hall–Kier alpha value is -2.96. The van der Waals surface area contributed by atoms with Crippen molar-refractivity contribution in [2.24, 2.45) is 0 Å². The first-order valence-corrected chi connectivity index (χ1v) is 9.32. The molecule has 1 aromatic carbocycles. The third-order valence-electron chi connectivity index (χ3n) is 4.40. The first kappa shape index (κ1) is 24.1. The second-order valence-corrected chi connectivity index (χ2v) is 6.12. The van der Waals surface area contributed by atoms with Crippen LogP contribution in [0.5, 0.6) is 17.2 Å². The van der Waals surface area contributed by atoms with Crippen molar-refractivity contribution < 1.29 is 33.3 Å². The highest BCUT2D eigenvalue weighted by Crippen LogP contribution is 2.40. The van der Waals surface area contributed by atoms with E-state index in [0.29, 0.717) is 34.8 Å². The summed E-state index contributed by atoms with van der Waals surface area (Å²) in [5.74, 6) is 0.368. The van der Waals surface area contributed by atoms with Gasteiger partial charge < -0.3 is 23.7 Å². The average Bonchev–Trinajstić information content (AvgIpc) is 2.75. The topological polar surface area (TPSA) is 80.3 Å². The van der Waals surface area contributed by atoms with Crippen LogP contribution in [-0.4, -0.2) is 39.9 Å². The minimum absolute atomic E-state index is 0.162. The van der Waals surface area contributed by atoms with Crippen molar-refractivity contribution in [3.8, 4) is 17.2 Å². The van der Waals surface area contributed by atoms with Gasteiger partial charge in [-0.25, -0.2) is 9.59 Å². The van der Waals surface area contributed by atoms with Crippen LogP contribution in [0.15, 0.2) is 35.4 Å². The van der Waals surface area contributed by atoms with E-state index in [4.69, 9.17) is 23.7 Å². The van der Waals surface area contributed by atoms with E-state index in [0.717, 1.165) is 0 Å². The predicted molar refractivity (Wildman–Crippen MR) is 109 cm³/mol. The Labute approximate surface area is 172 Å². The fourth-order valence-corrected chi connectivity index (χ4v) is 2.51. The number of carbonyl (C=O) groups is 2. The Morgan fingerprint density at radius 1 is 0.966 bits per heavy atom. The van der Waals surface area contributed by atoms with Crippen molar-refractivity contribution in [1.82, 2.24) is 0 Å². The molecule has 0 aliphatic rings. The molecule has 7 heteroatoms. The van der Waals surface area contributed by atoms with Crippen LogP contribution in [0.4, 0.5) is 0 Å². The highest BCUT2D eigenvalue weighted by molar-refractivity contribution is 5.91. The molecule has 0 radical (unpaired) electrons. The summed E-state index contributed by atoms with van der Waals surface area (Å²) >= 11 is 0. The van der Waals surface area contributed by atoms with E-state index in [2.05, 4.69) is 0 Å². The van der Waals surface area contributed by atoms with Gasteiger partial charge in [0.2, 0.25) is 5.75 Å². The summed E-state index contributed by atoms with van der Waals surface area (Å²) in [6.45, 7) is 6.81. The first-order valence-electron chi connectivity index (χ1n) is 9.32. The van der Waals surface area contributed by atoms with E-state index in [1.54, 1.807) is 45.1 Å². The fraction of sp³-hybridized carbons (Fsp3) is 0.455. The molecule has 0 aliphatic carbocycles. The second-order valence-electron chi connectivity index (χ2n) is 6.12. The van der Waals surface area contributed by atoms with E-state index in [-0.39, 0.29) is 12.2 Å². The maximum absolute atomic E-state index is 12.6. The third-order valence-corrected chi connectivity index (χ3v) is 4.40. The fourth-order valence-electron chi connectivity index (χ4n) is 2.51. The molecule has 0 aromatic heterocycles. The number of hydrogen-bond acceptors (Lipinski definition) is 7. The van der Waals surface area contributed by atoms with Crippen LogP contribution in [0.3, 0.4) is 0 Å². The lowest BCUT2D eigenvalue weighted by atomic mass is 10.1. The molecule has 1 atom stereocenters. The third kappa shape index (κ3) is 6.27. The number of ether oxygens (including phenoxy) is 5. The van der Waals surface area contributed by atoms with E-state index >= 15 is 0 Å². The molecule has 0 spiro atoms. The molecule has 0 heterocycles. The lowest BCUT2D eigenvalue weighted by Crippen LogP contribution is -2.18. The standard InChI is InChI=1S/C22H30O7/c1-8-14(4)21(23)28-13-15(9-2)22(24)29-17(10-3)16-11-18(25-5)20(27-7)19(12-16)26-6/h8-9,11-12,17H,10,13H2,1-7H3/b14-8-,15-9-. The zero-order chi connectivity index (χ0) is 22.0. The average molecular weight is 406 g/mol. The van der Waals surface area contributed by atoms with E-state index < -0.39 is 18.0 Å². The maximum atomic E-state index is 12.6. The van der Waals surface area contributed by atoms with E-state index in [1.165, 1.54) is 21.3 Å². The van der Waals surface area contributed by atoms with Crippen LogP contribution in [0, 0.1) is 0 Å². The van der Waals surface area contributed by atoms with Gasteiger partial charge in [-0.1, -0.05) is 19.1 Å². The van der Waals surface area contributed by atoms with Crippen molar-refractivity contribution in [2.45, 2.75) is 40.2 Å². The van der Waals surface area contributed by atoms with E-state index in [1.807, 2.05) is 6.92 Å². The molecular weight excluding hydrogens is 376 g/mol. The Balaban J connectivity index is 3.01. The number of allylic oxidation sites excluding steroid dienone is 2. The van der Waals surface area contributed by atoms with Crippen LogP contribution in [0.1, 0.15) is 45.8 Å². The summed E-state index contributed by atoms with van der Waals surface area (Å²) in [5, 5.41) is 0. The van der Waals surface area contributed by atoms with Crippen molar-refractivity contribution in [3.05, 3.63) is 41.0 Å². The van der Waals surface area contributed by atoms with Gasteiger partial charge in [0.05, 0.1) is 26.9 Å². The normalized spacial score (nSPS) is 12.8. The van der Waals surface area contributed by atoms with Crippen LogP contribution in [0.2, 0.25) is 0 Å². The van der Waals surface area contributed by atoms with Crippen LogP contribution in [0.25, 0.3) is 0 Å². The molecule has 0 saturated heterocycles. The SMILES string of the molecule is C/C=C(/C)C(=O)OC/C(=C/C)C(=O)OC(CC)c1cc(OC)c(OC)c(OC)c1. The van der Waals surface area contributed by atoms with Gasteiger partial charge in [0, 0.05) is 11.1 Å². The monoisotopic (exact) mass is 406 g/mol. The summed E-state index contributed by atoms with van der Waals surface area (Å²) in [6.07, 6.45) is 3.20. The Morgan fingerprint density at radius 3 is 1.97 bits per heavy atom. The van der Waals surface area contributed by atoms with Gasteiger partial charge in [0.1, 0.15) is 12.7 Å². The summed E-state index contributed by atoms with van der Waals surface area (Å²) in [7, 11) is 4.56. The highest BCUT2D eigenvalue weighted by atomic mass is 16.6. The molecule has 0 fully saturated rings. The van der Waals surface area contributed by atoms with Gasteiger partial charge in [-0.2, -0.15) is 0 Å². The van der Waals surface area contributed by atoms with Crippen molar-refractivity contribution in [2.75, 3.05) is 27.9 Å². The molecular formula is C22H30O7. The van der Waals surface area contributed by atoms with Gasteiger partial charge in [0.15, 0.2) is 11.5 Å². The summed E-state index contributed by atoms with van der Waals surface area (Å²) in [4.78, 5) is 24.4. The molecule has 29 heavy (non-hydrogen) atoms. The Morgan fingerprint density at radius 2 is 1.55 bits per heavy atom. The second kappa shape index (κ2) is 11.8. The summed E-state index contributed by atoms with van der Waals surface area (Å²) < 4.78 is 26.9. The molecule has 0 saturated carbocycles. The lowest BCUT2D eigenvalue weighted by Gasteiger charge is -2.20. The smallest absolute Gasteiger partial charge is 0.337 e. The van der Waals surface area contributed by atoms with Gasteiger partial charge in [0.25, 0.3) is 0 Å². The van der Waals surface area contributed by atoms with Crippen LogP contribution < -0.4 is 14.2 Å². The minimum atomic E-state index is -0.556. The largest absolute Gasteiger partial charge is 0.493 e. The quantitative estimate of drug-likeness (QED) is 0.426. The Bertz CT molecular complexity index is 752. The number of carbonyl (C=O) groups excluding carboxylic acids is 2. The molecule has 0 N–H and O–H groups in total. The highest BCUT2D eigenvalue weighted by Gasteiger charge is 2.23. The Kier molecular flexibility index (Phi) is 9.79. The number of methoxy groups -OCH3 is 3. The molecule has 0 bridgehead atoms. The zero-order valence-electron chi connectivity index (χ0n) is 18.2. The number of hydrogen-bond donors (Lipinski definition) is 0. The van der Waals surface area contributed by atoms with Gasteiger partial charge in [-0.05, 0) is 39.3 Å². The van der Waals surface area contributed by atoms with Gasteiger partial charge >= 0.3 is 11.9 Å². The number of benzene rings is 1. The lowest BCUT2D eigenvalue weighted by molar-refractivity contribution is -0.146. The molecule has 1 unspecified atom stereocenters. The molecule has 7 nitrogen and oxygen atoms in total. The summed E-state index contributed by atoms with van der Waals surface area (Å²) in [6, 6.07) is 3.49. The predicted octanol–water partition coefficient (Wildman–Crippen LogP) is 4.16. The maximum Gasteiger partial charge on any atom is 0.337 e. The molecule has 1 aromatic rings. The number of esters is 2. The van der Waals surface area contributed by atoms with Crippen molar-refractivity contribution in [3.63, 3.8) is 0 Å². The van der Waals surface area contributed by atoms with Crippen LogP contribution in [-0.2, 0) is 19.1 Å². The first-order chi connectivity index (χ1) is 13.9. The molecule has 0 aliphatic heterocycles. The van der Waals surface area contributed by atoms with Crippen LogP contribution >= 0.6 is 0 Å². The summed E-state index contributed by atoms with van der Waals surface area (Å²) in [5.41, 5.74) is 1.43. The molecule has 0 amide bonds. The van der Waals surface area contributed by atoms with Crippen molar-refractivity contribution in [1.29, 1.82) is 0 Å². The minimum Gasteiger partial charge on any atom is -0.493 e. The van der Waals surface area contributed by atoms with Gasteiger partial charge in [-0.15, -0.1) is 0 Å². The molecule has 160 valence electrons. The zero-order valence-corrected chi connectivity index (χ0v) is 18.2.